The molecule has 3 atom stereocenters. The lowest BCUT2D eigenvalue weighted by atomic mass is 9.78. The fourth-order valence-electron chi connectivity index (χ4n) is 2.25. The molecule has 3 unspecified atom stereocenters. The molecular formula is C11H22O. The lowest BCUT2D eigenvalue weighted by Crippen LogP contribution is -2.25. The van der Waals surface area contributed by atoms with E-state index >= 15 is 0 Å². The van der Waals surface area contributed by atoms with Crippen LogP contribution in [0.5, 0.6) is 0 Å². The van der Waals surface area contributed by atoms with E-state index in [0.717, 1.165) is 11.8 Å². The molecule has 1 fully saturated rings. The Morgan fingerprint density at radius 3 is 2.75 bits per heavy atom. The molecule has 1 nitrogen and oxygen atoms in total. The van der Waals surface area contributed by atoms with Crippen molar-refractivity contribution in [2.75, 3.05) is 7.11 Å². The van der Waals surface area contributed by atoms with E-state index in [0.29, 0.717) is 6.10 Å². The zero-order valence-electron chi connectivity index (χ0n) is 8.68. The number of rotatable bonds is 3. The number of ether oxygens (including phenoxy) is 1. The molecular weight excluding hydrogens is 148 g/mol. The Labute approximate surface area is 76.5 Å². The van der Waals surface area contributed by atoms with Crippen molar-refractivity contribution in [2.45, 2.75) is 52.1 Å². The van der Waals surface area contributed by atoms with E-state index < -0.39 is 0 Å². The van der Waals surface area contributed by atoms with Crippen molar-refractivity contribution in [1.82, 2.24) is 0 Å². The number of methoxy groups -OCH3 is 1. The van der Waals surface area contributed by atoms with Crippen LogP contribution in [0.3, 0.4) is 0 Å². The van der Waals surface area contributed by atoms with Crippen molar-refractivity contribution in [3.05, 3.63) is 0 Å². The highest BCUT2D eigenvalue weighted by Gasteiger charge is 2.24. The van der Waals surface area contributed by atoms with Gasteiger partial charge in [0, 0.05) is 7.11 Å². The largest absolute Gasteiger partial charge is 0.381 e. The van der Waals surface area contributed by atoms with Gasteiger partial charge in [-0.3, -0.25) is 0 Å². The molecule has 0 saturated heterocycles. The molecule has 0 radical (unpaired) electrons. The molecule has 0 aliphatic heterocycles. The summed E-state index contributed by atoms with van der Waals surface area (Å²) in [6.45, 7) is 4.67. The molecule has 12 heavy (non-hydrogen) atoms. The molecule has 0 aromatic carbocycles. The number of hydrogen-bond acceptors (Lipinski definition) is 1. The van der Waals surface area contributed by atoms with Crippen molar-refractivity contribution in [3.63, 3.8) is 0 Å². The van der Waals surface area contributed by atoms with Crippen LogP contribution in [0.2, 0.25) is 0 Å². The van der Waals surface area contributed by atoms with Crippen LogP contribution in [0.15, 0.2) is 0 Å². The van der Waals surface area contributed by atoms with Crippen LogP contribution in [0.1, 0.15) is 46.0 Å². The van der Waals surface area contributed by atoms with Gasteiger partial charge in [-0.1, -0.05) is 33.1 Å². The number of hydrogen-bond donors (Lipinski definition) is 0. The summed E-state index contributed by atoms with van der Waals surface area (Å²) in [5.41, 5.74) is 0. The normalized spacial score (nSPS) is 33.2. The van der Waals surface area contributed by atoms with Gasteiger partial charge in [0.2, 0.25) is 0 Å². The maximum Gasteiger partial charge on any atom is 0.0574 e. The van der Waals surface area contributed by atoms with E-state index in [1.54, 1.807) is 0 Å². The van der Waals surface area contributed by atoms with Crippen LogP contribution in [0.4, 0.5) is 0 Å². The Morgan fingerprint density at radius 1 is 1.42 bits per heavy atom. The molecule has 1 aliphatic carbocycles. The minimum atomic E-state index is 0.553. The molecule has 72 valence electrons. The van der Waals surface area contributed by atoms with Gasteiger partial charge in [-0.15, -0.1) is 0 Å². The van der Waals surface area contributed by atoms with E-state index in [-0.39, 0.29) is 0 Å². The molecule has 1 rings (SSSR count). The summed E-state index contributed by atoms with van der Waals surface area (Å²) in [5, 5.41) is 0. The van der Waals surface area contributed by atoms with Crippen molar-refractivity contribution >= 4 is 0 Å². The zero-order valence-corrected chi connectivity index (χ0v) is 8.68. The van der Waals surface area contributed by atoms with Crippen LogP contribution < -0.4 is 0 Å². The monoisotopic (exact) mass is 170 g/mol. The van der Waals surface area contributed by atoms with E-state index in [4.69, 9.17) is 4.74 Å². The van der Waals surface area contributed by atoms with E-state index in [1.807, 2.05) is 7.11 Å². The van der Waals surface area contributed by atoms with Gasteiger partial charge in [0.25, 0.3) is 0 Å². The second kappa shape index (κ2) is 4.86. The second-order valence-electron chi connectivity index (χ2n) is 4.17. The van der Waals surface area contributed by atoms with Crippen molar-refractivity contribution < 1.29 is 4.74 Å². The van der Waals surface area contributed by atoms with Gasteiger partial charge in [0.15, 0.2) is 0 Å². The van der Waals surface area contributed by atoms with Gasteiger partial charge in [-0.25, -0.2) is 0 Å². The third-order valence-electron chi connectivity index (χ3n) is 3.45. The van der Waals surface area contributed by atoms with Gasteiger partial charge >= 0.3 is 0 Å². The van der Waals surface area contributed by atoms with Crippen LogP contribution in [-0.2, 0) is 4.74 Å². The molecule has 0 bridgehead atoms. The van der Waals surface area contributed by atoms with Crippen molar-refractivity contribution in [1.29, 1.82) is 0 Å². The first-order valence-electron chi connectivity index (χ1n) is 5.30. The molecule has 0 spiro atoms. The molecule has 0 amide bonds. The van der Waals surface area contributed by atoms with Crippen molar-refractivity contribution in [3.8, 4) is 0 Å². The smallest absolute Gasteiger partial charge is 0.0574 e. The second-order valence-corrected chi connectivity index (χ2v) is 4.17. The minimum absolute atomic E-state index is 0.553. The summed E-state index contributed by atoms with van der Waals surface area (Å²) >= 11 is 0. The molecule has 0 heterocycles. The Morgan fingerprint density at radius 2 is 2.17 bits per heavy atom. The minimum Gasteiger partial charge on any atom is -0.381 e. The van der Waals surface area contributed by atoms with Gasteiger partial charge < -0.3 is 4.74 Å². The lowest BCUT2D eigenvalue weighted by Gasteiger charge is -2.31. The first-order valence-corrected chi connectivity index (χ1v) is 5.30. The van der Waals surface area contributed by atoms with Crippen molar-refractivity contribution in [2.24, 2.45) is 11.8 Å². The predicted octanol–water partition coefficient (Wildman–Crippen LogP) is 3.24. The Balaban J connectivity index is 2.34. The third-order valence-corrected chi connectivity index (χ3v) is 3.45. The standard InChI is InChI=1S/C11H22O/c1-4-9(2)10-6-5-7-11(8-10)12-3/h9-11H,4-8H2,1-3H3. The Kier molecular flexibility index (Phi) is 4.07. The van der Waals surface area contributed by atoms with E-state index in [2.05, 4.69) is 13.8 Å². The SMILES string of the molecule is CCC(C)C1CCCC(OC)C1. The van der Waals surface area contributed by atoms with Crippen LogP contribution in [-0.4, -0.2) is 13.2 Å². The van der Waals surface area contributed by atoms with Crippen LogP contribution in [0.25, 0.3) is 0 Å². The first kappa shape index (κ1) is 10.0. The predicted molar refractivity (Wildman–Crippen MR) is 52.2 cm³/mol. The molecule has 0 aromatic rings. The quantitative estimate of drug-likeness (QED) is 0.632. The van der Waals surface area contributed by atoms with Gasteiger partial charge in [-0.05, 0) is 24.7 Å². The van der Waals surface area contributed by atoms with Gasteiger partial charge in [0.1, 0.15) is 0 Å². The van der Waals surface area contributed by atoms with E-state index in [1.165, 1.54) is 32.1 Å². The maximum absolute atomic E-state index is 5.42. The average Bonchev–Trinajstić information content (AvgIpc) is 2.17. The van der Waals surface area contributed by atoms with Gasteiger partial charge in [0.05, 0.1) is 6.10 Å². The zero-order chi connectivity index (χ0) is 8.97. The maximum atomic E-state index is 5.42. The molecule has 1 heteroatoms. The summed E-state index contributed by atoms with van der Waals surface area (Å²) in [4.78, 5) is 0. The average molecular weight is 170 g/mol. The Hall–Kier alpha value is -0.0400. The topological polar surface area (TPSA) is 9.23 Å². The Bertz CT molecular complexity index is 120. The highest BCUT2D eigenvalue weighted by atomic mass is 16.5. The summed E-state index contributed by atoms with van der Waals surface area (Å²) in [6, 6.07) is 0. The fourth-order valence-corrected chi connectivity index (χ4v) is 2.25. The molecule has 1 saturated carbocycles. The summed E-state index contributed by atoms with van der Waals surface area (Å²) < 4.78 is 5.42. The molecule has 1 aliphatic rings. The molecule has 0 N–H and O–H groups in total. The highest BCUT2D eigenvalue weighted by molar-refractivity contribution is 4.76. The first-order chi connectivity index (χ1) is 5.77. The fraction of sp³-hybridized carbons (Fsp3) is 1.00. The summed E-state index contributed by atoms with van der Waals surface area (Å²) in [5.74, 6) is 1.82. The van der Waals surface area contributed by atoms with Crippen LogP contribution >= 0.6 is 0 Å². The summed E-state index contributed by atoms with van der Waals surface area (Å²) in [7, 11) is 1.85. The van der Waals surface area contributed by atoms with Crippen LogP contribution in [0, 0.1) is 11.8 Å². The lowest BCUT2D eigenvalue weighted by molar-refractivity contribution is 0.0384. The highest BCUT2D eigenvalue weighted by Crippen LogP contribution is 2.32. The molecule has 0 aromatic heterocycles. The van der Waals surface area contributed by atoms with Gasteiger partial charge in [-0.2, -0.15) is 0 Å². The van der Waals surface area contributed by atoms with E-state index in [9.17, 15) is 0 Å². The third kappa shape index (κ3) is 2.48. The summed E-state index contributed by atoms with van der Waals surface area (Å²) in [6.07, 6.45) is 7.25.